The molecule has 0 saturated carbocycles. The summed E-state index contributed by atoms with van der Waals surface area (Å²) in [5.41, 5.74) is 0.870. The number of carbonyl (C=O) groups is 2. The van der Waals surface area contributed by atoms with Crippen LogP contribution in [0.15, 0.2) is 54.6 Å². The number of amides is 1. The average Bonchev–Trinajstić information content (AvgIpc) is 3.48. The number of halogens is 3. The van der Waals surface area contributed by atoms with Crippen molar-refractivity contribution in [3.05, 3.63) is 65.7 Å². The Bertz CT molecular complexity index is 1160. The van der Waals surface area contributed by atoms with Crippen molar-refractivity contribution in [1.29, 1.82) is 0 Å². The minimum atomic E-state index is -5.10. The number of carbonyl (C=O) groups excluding carboxylic acids is 2. The topological polar surface area (TPSA) is 68.3 Å². The van der Waals surface area contributed by atoms with Gasteiger partial charge in [0.05, 0.1) is 12.6 Å². The molecule has 7 nitrogen and oxygen atoms in total. The minimum Gasteiger partial charge on any atom is -0.491 e. The van der Waals surface area contributed by atoms with E-state index in [4.69, 9.17) is 14.2 Å². The van der Waals surface area contributed by atoms with E-state index in [1.807, 2.05) is 24.3 Å². The van der Waals surface area contributed by atoms with Gasteiger partial charge in [-0.1, -0.05) is 36.4 Å². The Balaban J connectivity index is 1.25. The second kappa shape index (κ2) is 12.2. The maximum atomic E-state index is 13.2. The number of piperidine rings is 2. The van der Waals surface area contributed by atoms with Gasteiger partial charge >= 0.3 is 12.1 Å². The lowest BCUT2D eigenvalue weighted by Gasteiger charge is -2.51. The van der Waals surface area contributed by atoms with E-state index < -0.39 is 23.7 Å². The first-order chi connectivity index (χ1) is 19.2. The molecule has 0 bridgehead atoms. The van der Waals surface area contributed by atoms with Gasteiger partial charge in [-0.2, -0.15) is 13.2 Å². The third-order valence-corrected chi connectivity index (χ3v) is 8.40. The van der Waals surface area contributed by atoms with E-state index in [-0.39, 0.29) is 18.6 Å². The maximum Gasteiger partial charge on any atom is 0.490 e. The summed E-state index contributed by atoms with van der Waals surface area (Å²) in [5, 5.41) is 0. The molecular formula is C30H35F3N2O5. The number of rotatable bonds is 7. The minimum absolute atomic E-state index is 0.0601. The molecule has 5 rings (SSSR count). The Morgan fingerprint density at radius 1 is 0.975 bits per heavy atom. The number of likely N-dealkylation sites (tertiary alicyclic amines) is 2. The molecule has 3 aliphatic heterocycles. The smallest absolute Gasteiger partial charge is 0.490 e. The third kappa shape index (κ3) is 6.61. The largest absolute Gasteiger partial charge is 0.491 e. The van der Waals surface area contributed by atoms with E-state index in [1.165, 1.54) is 4.90 Å². The average molecular weight is 561 g/mol. The van der Waals surface area contributed by atoms with E-state index in [2.05, 4.69) is 4.90 Å². The Kier molecular flexibility index (Phi) is 8.65. The Morgan fingerprint density at radius 2 is 1.68 bits per heavy atom. The van der Waals surface area contributed by atoms with Gasteiger partial charge in [-0.15, -0.1) is 0 Å². The van der Waals surface area contributed by atoms with Crippen molar-refractivity contribution in [1.82, 2.24) is 9.80 Å². The zero-order valence-electron chi connectivity index (χ0n) is 22.4. The highest BCUT2D eigenvalue weighted by Crippen LogP contribution is 2.44. The first-order valence-corrected chi connectivity index (χ1v) is 13.9. The summed E-state index contributed by atoms with van der Waals surface area (Å²) in [4.78, 5) is 28.7. The first kappa shape index (κ1) is 28.4. The number of esters is 1. The van der Waals surface area contributed by atoms with Crippen molar-refractivity contribution in [2.24, 2.45) is 5.41 Å². The van der Waals surface area contributed by atoms with Gasteiger partial charge in [-0.25, -0.2) is 4.79 Å². The number of hydrogen-bond donors (Lipinski definition) is 0. The van der Waals surface area contributed by atoms with Crippen LogP contribution < -0.4 is 4.74 Å². The standard InChI is InChI=1S/C30H35F3N2O5/c31-30(32,33)28(37)40-26-20-35(27(36)22-7-2-1-3-8-22)17-14-29(26)12-15-34(16-13-29)19-23-9-4-5-11-25(23)39-21-24-10-6-18-38-24/h1-5,7-9,11,24,26H,6,10,12-21H2. The molecule has 3 fully saturated rings. The number of ether oxygens (including phenoxy) is 3. The second-order valence-corrected chi connectivity index (χ2v) is 11.0. The first-order valence-electron chi connectivity index (χ1n) is 13.9. The van der Waals surface area contributed by atoms with Gasteiger partial charge in [0.25, 0.3) is 5.91 Å². The van der Waals surface area contributed by atoms with Crippen LogP contribution in [-0.4, -0.2) is 79.5 Å². The van der Waals surface area contributed by atoms with Gasteiger partial charge in [0.15, 0.2) is 0 Å². The van der Waals surface area contributed by atoms with Crippen molar-refractivity contribution in [3.63, 3.8) is 0 Å². The molecule has 3 aliphatic rings. The molecule has 2 atom stereocenters. The predicted molar refractivity (Wildman–Crippen MR) is 141 cm³/mol. The highest BCUT2D eigenvalue weighted by molar-refractivity contribution is 5.94. The summed E-state index contributed by atoms with van der Waals surface area (Å²) in [7, 11) is 0. The van der Waals surface area contributed by atoms with Crippen molar-refractivity contribution in [2.45, 2.75) is 57.0 Å². The summed E-state index contributed by atoms with van der Waals surface area (Å²) >= 11 is 0. The van der Waals surface area contributed by atoms with Gasteiger partial charge in [0.1, 0.15) is 18.5 Å². The number of hydrogen-bond acceptors (Lipinski definition) is 6. The van der Waals surface area contributed by atoms with Crippen LogP contribution >= 0.6 is 0 Å². The molecule has 3 heterocycles. The Labute approximate surface area is 232 Å². The Morgan fingerprint density at radius 3 is 2.38 bits per heavy atom. The zero-order valence-corrected chi connectivity index (χ0v) is 22.4. The van der Waals surface area contributed by atoms with Crippen LogP contribution in [0.25, 0.3) is 0 Å². The monoisotopic (exact) mass is 560 g/mol. The lowest BCUT2D eigenvalue weighted by molar-refractivity contribution is -0.216. The molecule has 10 heteroatoms. The molecule has 0 N–H and O–H groups in total. The summed E-state index contributed by atoms with van der Waals surface area (Å²) in [6.07, 6.45) is -2.39. The predicted octanol–water partition coefficient (Wildman–Crippen LogP) is 4.85. The quantitative estimate of drug-likeness (QED) is 0.452. The van der Waals surface area contributed by atoms with Gasteiger partial charge < -0.3 is 19.1 Å². The van der Waals surface area contributed by atoms with Crippen LogP contribution in [0.2, 0.25) is 0 Å². The molecule has 0 radical (unpaired) electrons. The Hall–Kier alpha value is -3.11. The highest BCUT2D eigenvalue weighted by atomic mass is 19.4. The summed E-state index contributed by atoms with van der Waals surface area (Å²) < 4.78 is 56.5. The molecule has 0 aromatic heterocycles. The molecular weight excluding hydrogens is 525 g/mol. The van der Waals surface area contributed by atoms with Gasteiger partial charge in [-0.3, -0.25) is 9.69 Å². The number of benzene rings is 2. The van der Waals surface area contributed by atoms with Crippen LogP contribution in [0.3, 0.4) is 0 Å². The fourth-order valence-corrected chi connectivity index (χ4v) is 6.01. The molecule has 1 amide bonds. The van der Waals surface area contributed by atoms with Crippen molar-refractivity contribution in [3.8, 4) is 5.75 Å². The summed E-state index contributed by atoms with van der Waals surface area (Å²) in [6, 6.07) is 16.5. The fraction of sp³-hybridized carbons (Fsp3) is 0.533. The molecule has 0 aliphatic carbocycles. The normalized spacial score (nSPS) is 23.2. The van der Waals surface area contributed by atoms with Gasteiger partial charge in [-0.05, 0) is 63.4 Å². The SMILES string of the molecule is O=C(c1ccccc1)N1CCC2(CCN(Cc3ccccc3OCC3CCCO3)CC2)C(OC(=O)C(F)(F)F)C1. The van der Waals surface area contributed by atoms with Crippen LogP contribution in [0.1, 0.15) is 48.0 Å². The van der Waals surface area contributed by atoms with Crippen molar-refractivity contribution in [2.75, 3.05) is 39.4 Å². The third-order valence-electron chi connectivity index (χ3n) is 8.40. The molecule has 1 spiro atoms. The van der Waals surface area contributed by atoms with E-state index >= 15 is 0 Å². The molecule has 2 aromatic carbocycles. The van der Waals surface area contributed by atoms with E-state index in [0.717, 1.165) is 30.8 Å². The molecule has 216 valence electrons. The second-order valence-electron chi connectivity index (χ2n) is 11.0. The van der Waals surface area contributed by atoms with E-state index in [9.17, 15) is 22.8 Å². The highest BCUT2D eigenvalue weighted by Gasteiger charge is 2.51. The number of para-hydroxylation sites is 1. The number of alkyl halides is 3. The van der Waals surface area contributed by atoms with Crippen molar-refractivity contribution < 1.29 is 37.0 Å². The van der Waals surface area contributed by atoms with Crippen LogP contribution in [0.5, 0.6) is 5.75 Å². The zero-order chi connectivity index (χ0) is 28.2. The van der Waals surface area contributed by atoms with E-state index in [1.54, 1.807) is 30.3 Å². The van der Waals surface area contributed by atoms with Gasteiger partial charge in [0, 0.05) is 36.2 Å². The van der Waals surface area contributed by atoms with Crippen molar-refractivity contribution >= 4 is 11.9 Å². The lowest BCUT2D eigenvalue weighted by atomic mass is 9.69. The number of nitrogens with zero attached hydrogens (tertiary/aromatic N) is 2. The molecule has 3 saturated heterocycles. The van der Waals surface area contributed by atoms with Gasteiger partial charge in [0.2, 0.25) is 0 Å². The van der Waals surface area contributed by atoms with Crippen LogP contribution in [-0.2, 0) is 20.8 Å². The molecule has 40 heavy (non-hydrogen) atoms. The summed E-state index contributed by atoms with van der Waals surface area (Å²) in [5.74, 6) is -1.67. The maximum absolute atomic E-state index is 13.2. The molecule has 2 aromatic rings. The molecule has 2 unspecified atom stereocenters. The fourth-order valence-electron chi connectivity index (χ4n) is 6.01. The summed E-state index contributed by atoms with van der Waals surface area (Å²) in [6.45, 7) is 3.51. The van der Waals surface area contributed by atoms with Crippen LogP contribution in [0, 0.1) is 5.41 Å². The lowest BCUT2D eigenvalue weighted by Crippen LogP contribution is -2.58. The van der Waals surface area contributed by atoms with Crippen LogP contribution in [0.4, 0.5) is 13.2 Å². The van der Waals surface area contributed by atoms with E-state index in [0.29, 0.717) is 57.6 Å².